The second-order valence-electron chi connectivity index (χ2n) is 3.90. The van der Waals surface area contributed by atoms with Gasteiger partial charge in [0.15, 0.2) is 0 Å². The lowest BCUT2D eigenvalue weighted by Crippen LogP contribution is -2.04. The number of aryl methyl sites for hydroxylation is 1. The van der Waals surface area contributed by atoms with Gasteiger partial charge in [-0.2, -0.15) is 0 Å². The van der Waals surface area contributed by atoms with Gasteiger partial charge in [-0.15, -0.1) is 0 Å². The van der Waals surface area contributed by atoms with Crippen molar-refractivity contribution in [1.29, 1.82) is 0 Å². The molecule has 0 amide bonds. The van der Waals surface area contributed by atoms with Crippen molar-refractivity contribution in [2.75, 3.05) is 5.32 Å². The van der Waals surface area contributed by atoms with E-state index in [0.29, 0.717) is 0 Å². The van der Waals surface area contributed by atoms with Gasteiger partial charge in [0.2, 0.25) is 5.95 Å². The molecule has 0 unspecified atom stereocenters. The summed E-state index contributed by atoms with van der Waals surface area (Å²) in [5.41, 5.74) is 1.11. The lowest BCUT2D eigenvalue weighted by atomic mass is 10.3. The molecule has 0 aliphatic rings. The van der Waals surface area contributed by atoms with Crippen molar-refractivity contribution in [3.8, 4) is 0 Å². The largest absolute Gasteiger partial charge is 0.325 e. The number of halogens is 1. The topological polar surface area (TPSA) is 29.9 Å². The normalized spacial score (nSPS) is 10.5. The zero-order valence-corrected chi connectivity index (χ0v) is 12.0. The van der Waals surface area contributed by atoms with E-state index < -0.39 is 0 Å². The molecule has 0 bridgehead atoms. The number of para-hydroxylation sites is 1. The van der Waals surface area contributed by atoms with E-state index in [1.807, 2.05) is 24.5 Å². The number of unbranched alkanes of at least 4 members (excludes halogenated alkanes) is 1. The van der Waals surface area contributed by atoms with E-state index >= 15 is 0 Å². The highest BCUT2D eigenvalue weighted by molar-refractivity contribution is 14.1. The Labute approximate surface area is 115 Å². The summed E-state index contributed by atoms with van der Waals surface area (Å²) in [6.07, 6.45) is 6.24. The number of hydrogen-bond donors (Lipinski definition) is 1. The van der Waals surface area contributed by atoms with Crippen LogP contribution in [0.5, 0.6) is 0 Å². The van der Waals surface area contributed by atoms with Gasteiger partial charge in [-0.25, -0.2) is 4.98 Å². The predicted molar refractivity (Wildman–Crippen MR) is 79.6 cm³/mol. The van der Waals surface area contributed by atoms with Crippen LogP contribution in [0, 0.1) is 3.57 Å². The Morgan fingerprint density at radius 1 is 1.35 bits per heavy atom. The first-order chi connectivity index (χ1) is 8.31. The van der Waals surface area contributed by atoms with Gasteiger partial charge in [0.1, 0.15) is 0 Å². The average molecular weight is 341 g/mol. The first kappa shape index (κ1) is 12.4. The van der Waals surface area contributed by atoms with Crippen LogP contribution < -0.4 is 5.32 Å². The molecule has 0 fully saturated rings. The molecule has 0 saturated carbocycles. The van der Waals surface area contributed by atoms with Crippen molar-refractivity contribution in [3.63, 3.8) is 0 Å². The highest BCUT2D eigenvalue weighted by Gasteiger charge is 2.04. The summed E-state index contributed by atoms with van der Waals surface area (Å²) >= 11 is 2.33. The first-order valence-corrected chi connectivity index (χ1v) is 6.92. The van der Waals surface area contributed by atoms with E-state index in [1.165, 1.54) is 16.4 Å². The van der Waals surface area contributed by atoms with E-state index in [0.717, 1.165) is 18.2 Å². The molecule has 1 aromatic carbocycles. The molecule has 1 heterocycles. The van der Waals surface area contributed by atoms with Crippen molar-refractivity contribution < 1.29 is 0 Å². The zero-order chi connectivity index (χ0) is 12.1. The molecule has 0 atom stereocenters. The number of imidazole rings is 1. The Balaban J connectivity index is 2.13. The van der Waals surface area contributed by atoms with Crippen LogP contribution in [-0.4, -0.2) is 9.55 Å². The molecule has 90 valence electrons. The quantitative estimate of drug-likeness (QED) is 0.832. The van der Waals surface area contributed by atoms with Crippen molar-refractivity contribution in [3.05, 3.63) is 40.2 Å². The monoisotopic (exact) mass is 341 g/mol. The van der Waals surface area contributed by atoms with Crippen molar-refractivity contribution >= 4 is 34.2 Å². The summed E-state index contributed by atoms with van der Waals surface area (Å²) in [4.78, 5) is 4.35. The molecule has 3 nitrogen and oxygen atoms in total. The summed E-state index contributed by atoms with van der Waals surface area (Å²) in [7, 11) is 0. The lowest BCUT2D eigenvalue weighted by Gasteiger charge is -2.10. The van der Waals surface area contributed by atoms with Crippen LogP contribution in [0.25, 0.3) is 0 Å². The standard InChI is InChI=1S/C13H16IN3/c1-2-3-9-17-10-8-15-13(17)16-12-7-5-4-6-11(12)14/h4-8,10H,2-3,9H2,1H3,(H,15,16). The van der Waals surface area contributed by atoms with E-state index in [1.54, 1.807) is 0 Å². The summed E-state index contributed by atoms with van der Waals surface area (Å²) in [6, 6.07) is 8.23. The van der Waals surface area contributed by atoms with Crippen molar-refractivity contribution in [1.82, 2.24) is 9.55 Å². The van der Waals surface area contributed by atoms with Crippen LogP contribution in [0.2, 0.25) is 0 Å². The molecule has 0 aliphatic heterocycles. The highest BCUT2D eigenvalue weighted by Crippen LogP contribution is 2.21. The predicted octanol–water partition coefficient (Wildman–Crippen LogP) is 4.03. The SMILES string of the molecule is CCCCn1ccnc1Nc1ccccc1I. The van der Waals surface area contributed by atoms with Crippen LogP contribution in [0.15, 0.2) is 36.7 Å². The summed E-state index contributed by atoms with van der Waals surface area (Å²) in [6.45, 7) is 3.21. The van der Waals surface area contributed by atoms with Gasteiger partial charge in [-0.05, 0) is 41.1 Å². The number of hydrogen-bond acceptors (Lipinski definition) is 2. The second kappa shape index (κ2) is 6.05. The molecule has 1 aromatic heterocycles. The highest BCUT2D eigenvalue weighted by atomic mass is 127. The number of rotatable bonds is 5. The molecule has 1 N–H and O–H groups in total. The van der Waals surface area contributed by atoms with Crippen LogP contribution >= 0.6 is 22.6 Å². The van der Waals surface area contributed by atoms with Gasteiger partial charge >= 0.3 is 0 Å². The minimum absolute atomic E-state index is 0.919. The van der Waals surface area contributed by atoms with Gasteiger partial charge < -0.3 is 9.88 Å². The number of nitrogens with zero attached hydrogens (tertiary/aromatic N) is 2. The van der Waals surface area contributed by atoms with E-state index in [9.17, 15) is 0 Å². The van der Waals surface area contributed by atoms with Gasteiger partial charge in [0.25, 0.3) is 0 Å². The molecule has 2 rings (SSSR count). The summed E-state index contributed by atoms with van der Waals surface area (Å²) in [5, 5.41) is 3.37. The van der Waals surface area contributed by atoms with Gasteiger partial charge in [-0.3, -0.25) is 0 Å². The Bertz CT molecular complexity index is 479. The van der Waals surface area contributed by atoms with Crippen LogP contribution in [0.4, 0.5) is 11.6 Å². The Hall–Kier alpha value is -1.04. The van der Waals surface area contributed by atoms with E-state index in [-0.39, 0.29) is 0 Å². The molecule has 0 radical (unpaired) electrons. The fourth-order valence-corrected chi connectivity index (χ4v) is 2.15. The molecule has 17 heavy (non-hydrogen) atoms. The zero-order valence-electron chi connectivity index (χ0n) is 9.86. The minimum atomic E-state index is 0.919. The summed E-state index contributed by atoms with van der Waals surface area (Å²) < 4.78 is 3.36. The minimum Gasteiger partial charge on any atom is -0.325 e. The van der Waals surface area contributed by atoms with E-state index in [4.69, 9.17) is 0 Å². The number of aromatic nitrogens is 2. The Kier molecular flexibility index (Phi) is 4.42. The Morgan fingerprint density at radius 2 is 2.18 bits per heavy atom. The van der Waals surface area contributed by atoms with Crippen molar-refractivity contribution in [2.45, 2.75) is 26.3 Å². The maximum atomic E-state index is 4.35. The lowest BCUT2D eigenvalue weighted by molar-refractivity contribution is 0.638. The summed E-state index contributed by atoms with van der Waals surface area (Å²) in [5.74, 6) is 0.919. The third kappa shape index (κ3) is 3.21. The maximum Gasteiger partial charge on any atom is 0.207 e. The molecular weight excluding hydrogens is 325 g/mol. The van der Waals surface area contributed by atoms with E-state index in [2.05, 4.69) is 56.5 Å². The second-order valence-corrected chi connectivity index (χ2v) is 5.06. The van der Waals surface area contributed by atoms with Gasteiger partial charge in [-0.1, -0.05) is 25.5 Å². The number of benzene rings is 1. The third-order valence-electron chi connectivity index (χ3n) is 2.59. The molecule has 2 aromatic rings. The maximum absolute atomic E-state index is 4.35. The Morgan fingerprint density at radius 3 is 2.94 bits per heavy atom. The number of nitrogens with one attached hydrogen (secondary N) is 1. The smallest absolute Gasteiger partial charge is 0.207 e. The fourth-order valence-electron chi connectivity index (χ4n) is 1.63. The van der Waals surface area contributed by atoms with Gasteiger partial charge in [0, 0.05) is 22.5 Å². The van der Waals surface area contributed by atoms with Gasteiger partial charge in [0.05, 0.1) is 5.69 Å². The van der Waals surface area contributed by atoms with Crippen LogP contribution in [-0.2, 0) is 6.54 Å². The third-order valence-corrected chi connectivity index (χ3v) is 3.53. The fraction of sp³-hybridized carbons (Fsp3) is 0.308. The van der Waals surface area contributed by atoms with Crippen LogP contribution in [0.1, 0.15) is 19.8 Å². The molecule has 0 saturated heterocycles. The van der Waals surface area contributed by atoms with Crippen LogP contribution in [0.3, 0.4) is 0 Å². The first-order valence-electron chi connectivity index (χ1n) is 5.84. The molecule has 4 heteroatoms. The molecule has 0 aliphatic carbocycles. The average Bonchev–Trinajstić information content (AvgIpc) is 2.77. The molecule has 0 spiro atoms. The van der Waals surface area contributed by atoms with Crippen molar-refractivity contribution in [2.24, 2.45) is 0 Å². The number of anilines is 2. The molecular formula is C13H16IN3.